The predicted molar refractivity (Wildman–Crippen MR) is 88.7 cm³/mol. The van der Waals surface area contributed by atoms with Crippen molar-refractivity contribution in [1.82, 2.24) is 10.3 Å². The molecule has 0 bridgehead atoms. The summed E-state index contributed by atoms with van der Waals surface area (Å²) < 4.78 is 0. The topological polar surface area (TPSA) is 28.2 Å². The molecule has 0 radical (unpaired) electrons. The van der Waals surface area contributed by atoms with E-state index in [2.05, 4.69) is 41.4 Å². The van der Waals surface area contributed by atoms with Crippen LogP contribution in [-0.2, 0) is 6.54 Å². The van der Waals surface area contributed by atoms with Crippen LogP contribution >= 0.6 is 11.8 Å². The molecule has 1 N–H and O–H groups in total. The van der Waals surface area contributed by atoms with Crippen molar-refractivity contribution in [3.05, 3.63) is 36.0 Å². The monoisotopic (exact) mass is 287 g/mol. The number of aromatic nitrogens is 1. The number of benzene rings is 1. The normalized spacial score (nSPS) is 15.8. The van der Waals surface area contributed by atoms with Gasteiger partial charge in [0.2, 0.25) is 0 Å². The molecule has 3 nitrogen and oxygen atoms in total. The number of rotatable bonds is 4. The summed E-state index contributed by atoms with van der Waals surface area (Å²) in [6.45, 7) is 6.22. The molecular weight excluding hydrogens is 266 g/mol. The lowest BCUT2D eigenvalue weighted by molar-refractivity contribution is 0.728. The molecule has 1 saturated heterocycles. The van der Waals surface area contributed by atoms with Crippen molar-refractivity contribution in [3.8, 4) is 0 Å². The van der Waals surface area contributed by atoms with E-state index in [1.807, 2.05) is 18.0 Å². The maximum atomic E-state index is 4.76. The van der Waals surface area contributed by atoms with Gasteiger partial charge in [-0.15, -0.1) is 0 Å². The lowest BCUT2D eigenvalue weighted by Gasteiger charge is -2.28. The van der Waals surface area contributed by atoms with Gasteiger partial charge in [0.15, 0.2) is 0 Å². The first kappa shape index (κ1) is 13.7. The highest BCUT2D eigenvalue weighted by atomic mass is 32.2. The van der Waals surface area contributed by atoms with Crippen molar-refractivity contribution < 1.29 is 0 Å². The van der Waals surface area contributed by atoms with Crippen LogP contribution in [-0.4, -0.2) is 36.1 Å². The fraction of sp³-hybridized carbons (Fsp3) is 0.438. The number of anilines is 1. The Balaban J connectivity index is 2.01. The van der Waals surface area contributed by atoms with Crippen LogP contribution in [0, 0.1) is 0 Å². The minimum absolute atomic E-state index is 0.889. The van der Waals surface area contributed by atoms with Crippen LogP contribution in [0.3, 0.4) is 0 Å². The summed E-state index contributed by atoms with van der Waals surface area (Å²) in [5.41, 5.74) is 1.29. The average Bonchev–Trinajstić information content (AvgIpc) is 2.53. The third kappa shape index (κ3) is 2.76. The summed E-state index contributed by atoms with van der Waals surface area (Å²) >= 11 is 2.03. The second kappa shape index (κ2) is 6.46. The van der Waals surface area contributed by atoms with Crippen LogP contribution in [0.2, 0.25) is 0 Å². The van der Waals surface area contributed by atoms with Gasteiger partial charge in [-0.1, -0.05) is 31.2 Å². The number of nitrogens with one attached hydrogen (secondary N) is 1. The predicted octanol–water partition coefficient (Wildman–Crippen LogP) is 2.90. The number of pyridine rings is 1. The summed E-state index contributed by atoms with van der Waals surface area (Å²) in [5, 5.41) is 6.02. The highest BCUT2D eigenvalue weighted by Crippen LogP contribution is 2.28. The van der Waals surface area contributed by atoms with Gasteiger partial charge in [-0.25, -0.2) is 4.98 Å². The van der Waals surface area contributed by atoms with E-state index in [4.69, 9.17) is 4.98 Å². The third-order valence-electron chi connectivity index (χ3n) is 3.73. The molecule has 1 aliphatic heterocycles. The largest absolute Gasteiger partial charge is 0.354 e. The van der Waals surface area contributed by atoms with Gasteiger partial charge in [-0.2, -0.15) is 11.8 Å². The third-order valence-corrected chi connectivity index (χ3v) is 4.68. The second-order valence-corrected chi connectivity index (χ2v) is 6.26. The van der Waals surface area contributed by atoms with E-state index < -0.39 is 0 Å². The Morgan fingerprint density at radius 3 is 2.70 bits per heavy atom. The molecule has 4 heteroatoms. The van der Waals surface area contributed by atoms with Crippen molar-refractivity contribution >= 4 is 28.4 Å². The maximum absolute atomic E-state index is 4.76. The molecule has 1 aromatic heterocycles. The van der Waals surface area contributed by atoms with Gasteiger partial charge >= 0.3 is 0 Å². The summed E-state index contributed by atoms with van der Waals surface area (Å²) in [6, 6.07) is 8.65. The fourth-order valence-corrected chi connectivity index (χ4v) is 3.57. The zero-order chi connectivity index (χ0) is 13.8. The Hall–Kier alpha value is -1.26. The van der Waals surface area contributed by atoms with Crippen LogP contribution in [0.4, 0.5) is 5.82 Å². The molecule has 0 spiro atoms. The van der Waals surface area contributed by atoms with Crippen LogP contribution in [0.15, 0.2) is 30.5 Å². The molecule has 0 atom stereocenters. The van der Waals surface area contributed by atoms with Gasteiger partial charge in [0.25, 0.3) is 0 Å². The Morgan fingerprint density at radius 1 is 1.20 bits per heavy atom. The lowest BCUT2D eigenvalue weighted by Crippen LogP contribution is -2.33. The zero-order valence-corrected chi connectivity index (χ0v) is 12.7. The van der Waals surface area contributed by atoms with Gasteiger partial charge in [0, 0.05) is 42.7 Å². The number of thioether (sulfide) groups is 1. The van der Waals surface area contributed by atoms with Crippen LogP contribution in [0.25, 0.3) is 10.8 Å². The van der Waals surface area contributed by atoms with Gasteiger partial charge in [0.1, 0.15) is 5.82 Å². The molecule has 0 amide bonds. The van der Waals surface area contributed by atoms with Crippen LogP contribution in [0.5, 0.6) is 0 Å². The average molecular weight is 287 g/mol. The first-order valence-corrected chi connectivity index (χ1v) is 8.45. The van der Waals surface area contributed by atoms with E-state index in [1.165, 1.54) is 27.8 Å². The molecule has 0 aliphatic carbocycles. The summed E-state index contributed by atoms with van der Waals surface area (Å²) in [7, 11) is 0. The van der Waals surface area contributed by atoms with E-state index >= 15 is 0 Å². The summed E-state index contributed by atoms with van der Waals surface area (Å²) in [5.74, 6) is 3.56. The smallest absolute Gasteiger partial charge is 0.136 e. The maximum Gasteiger partial charge on any atom is 0.136 e. The minimum atomic E-state index is 0.889. The molecule has 2 heterocycles. The minimum Gasteiger partial charge on any atom is -0.354 e. The Kier molecular flexibility index (Phi) is 4.43. The van der Waals surface area contributed by atoms with Crippen molar-refractivity contribution in [2.45, 2.75) is 13.5 Å². The van der Waals surface area contributed by atoms with Crippen molar-refractivity contribution in [2.75, 3.05) is 36.0 Å². The van der Waals surface area contributed by atoms with E-state index in [0.29, 0.717) is 0 Å². The Bertz CT molecular complexity index is 579. The van der Waals surface area contributed by atoms with Gasteiger partial charge in [-0.05, 0) is 17.5 Å². The van der Waals surface area contributed by atoms with E-state index in [9.17, 15) is 0 Å². The highest BCUT2D eigenvalue weighted by Gasteiger charge is 2.16. The molecule has 0 saturated carbocycles. The molecule has 20 heavy (non-hydrogen) atoms. The molecule has 3 rings (SSSR count). The molecule has 1 aliphatic rings. The zero-order valence-electron chi connectivity index (χ0n) is 11.9. The Morgan fingerprint density at radius 2 is 1.95 bits per heavy atom. The van der Waals surface area contributed by atoms with Gasteiger partial charge in [0.05, 0.1) is 0 Å². The number of fused-ring (bicyclic) bond motifs is 1. The number of hydrogen-bond acceptors (Lipinski definition) is 4. The fourth-order valence-electron chi connectivity index (χ4n) is 2.66. The van der Waals surface area contributed by atoms with E-state index in [0.717, 1.165) is 32.0 Å². The summed E-state index contributed by atoms with van der Waals surface area (Å²) in [6.07, 6.45) is 2.04. The van der Waals surface area contributed by atoms with E-state index in [-0.39, 0.29) is 0 Å². The molecular formula is C16H21N3S. The standard InChI is InChI=1S/C16H21N3S/c1-2-17-11-13-12-18-16(19-7-9-20-10-8-19)15-6-4-3-5-14(13)15/h3-6,12,17H,2,7-11H2,1H3. The molecule has 0 unspecified atom stereocenters. The van der Waals surface area contributed by atoms with Crippen molar-refractivity contribution in [1.29, 1.82) is 0 Å². The van der Waals surface area contributed by atoms with Gasteiger partial charge in [-0.3, -0.25) is 0 Å². The second-order valence-electron chi connectivity index (χ2n) is 5.03. The Labute approximate surface area is 124 Å². The quantitative estimate of drug-likeness (QED) is 0.936. The van der Waals surface area contributed by atoms with E-state index in [1.54, 1.807) is 0 Å². The van der Waals surface area contributed by atoms with Crippen LogP contribution < -0.4 is 10.2 Å². The first-order chi connectivity index (χ1) is 9.90. The SMILES string of the molecule is CCNCc1cnc(N2CCSCC2)c2ccccc12. The van der Waals surface area contributed by atoms with Crippen molar-refractivity contribution in [2.24, 2.45) is 0 Å². The van der Waals surface area contributed by atoms with Crippen LogP contribution in [0.1, 0.15) is 12.5 Å². The first-order valence-electron chi connectivity index (χ1n) is 7.30. The number of nitrogens with zero attached hydrogens (tertiary/aromatic N) is 2. The van der Waals surface area contributed by atoms with Crippen molar-refractivity contribution in [3.63, 3.8) is 0 Å². The summed E-state index contributed by atoms with van der Waals surface area (Å²) in [4.78, 5) is 7.19. The molecule has 106 valence electrons. The molecule has 2 aromatic rings. The van der Waals surface area contributed by atoms with Gasteiger partial charge < -0.3 is 10.2 Å². The highest BCUT2D eigenvalue weighted by molar-refractivity contribution is 7.99. The lowest BCUT2D eigenvalue weighted by atomic mass is 10.1. The number of hydrogen-bond donors (Lipinski definition) is 1. The molecule has 1 fully saturated rings. The molecule has 1 aromatic carbocycles.